The van der Waals surface area contributed by atoms with Gasteiger partial charge in [-0.05, 0) is 33.1 Å². The lowest BCUT2D eigenvalue weighted by molar-refractivity contribution is -0.170. The van der Waals surface area contributed by atoms with Gasteiger partial charge < -0.3 is 14.6 Å². The van der Waals surface area contributed by atoms with Crippen molar-refractivity contribution in [2.24, 2.45) is 22.7 Å². The zero-order chi connectivity index (χ0) is 15.6. The molecule has 5 unspecified atom stereocenters. The quantitative estimate of drug-likeness (QED) is 0.622. The van der Waals surface area contributed by atoms with Crippen LogP contribution in [0.1, 0.15) is 40.0 Å². The number of rotatable bonds is 4. The van der Waals surface area contributed by atoms with E-state index in [2.05, 4.69) is 0 Å². The molecule has 0 aromatic rings. The summed E-state index contributed by atoms with van der Waals surface area (Å²) < 4.78 is 10.9. The fraction of sp³-hybridized carbons (Fsp3) is 0.800. The molecule has 6 nitrogen and oxygen atoms in total. The van der Waals surface area contributed by atoms with Gasteiger partial charge in [-0.1, -0.05) is 6.92 Å². The average molecular weight is 296 g/mol. The van der Waals surface area contributed by atoms with Crippen molar-refractivity contribution in [3.8, 4) is 0 Å². The fourth-order valence-corrected chi connectivity index (χ4v) is 3.87. The molecule has 0 aromatic heterocycles. The molecule has 5 atom stereocenters. The number of carboxylic acids is 1. The first kappa shape index (κ1) is 14.4. The summed E-state index contributed by atoms with van der Waals surface area (Å²) in [5, 5.41) is 9.41. The maximum Gasteiger partial charge on any atom is 0.324 e. The molecular weight excluding hydrogens is 276 g/mol. The number of aliphatic carboxylic acids is 1. The Morgan fingerprint density at radius 1 is 1.48 bits per heavy atom. The zero-order valence-corrected chi connectivity index (χ0v) is 12.4. The van der Waals surface area contributed by atoms with E-state index in [1.54, 1.807) is 0 Å². The summed E-state index contributed by atoms with van der Waals surface area (Å²) >= 11 is 0. The van der Waals surface area contributed by atoms with Crippen LogP contribution in [0.25, 0.3) is 0 Å². The molecule has 2 bridgehead atoms. The second-order valence-electron chi connectivity index (χ2n) is 7.06. The SMILES string of the molecule is CCC(C)(C)C(=O)OC1C2CC3C1OC(=O)C3(C(=O)O)C2. The van der Waals surface area contributed by atoms with E-state index in [4.69, 9.17) is 9.47 Å². The van der Waals surface area contributed by atoms with Gasteiger partial charge in [-0.2, -0.15) is 0 Å². The third kappa shape index (κ3) is 1.67. The van der Waals surface area contributed by atoms with Crippen LogP contribution in [0.3, 0.4) is 0 Å². The highest BCUT2D eigenvalue weighted by Crippen LogP contribution is 2.62. The minimum absolute atomic E-state index is 0.0980. The number of fused-ring (bicyclic) bond motifs is 1. The predicted molar refractivity (Wildman–Crippen MR) is 70.1 cm³/mol. The third-order valence-electron chi connectivity index (χ3n) is 5.63. The van der Waals surface area contributed by atoms with Gasteiger partial charge in [0.15, 0.2) is 5.41 Å². The van der Waals surface area contributed by atoms with Gasteiger partial charge in [0, 0.05) is 11.8 Å². The maximum absolute atomic E-state index is 12.2. The molecule has 3 aliphatic rings. The fourth-order valence-electron chi connectivity index (χ4n) is 3.87. The Balaban J connectivity index is 1.81. The minimum Gasteiger partial charge on any atom is -0.480 e. The number of carbonyl (C=O) groups is 3. The Morgan fingerprint density at radius 2 is 2.14 bits per heavy atom. The summed E-state index contributed by atoms with van der Waals surface area (Å²) in [4.78, 5) is 35.7. The number of ether oxygens (including phenoxy) is 2. The van der Waals surface area contributed by atoms with Gasteiger partial charge >= 0.3 is 17.9 Å². The van der Waals surface area contributed by atoms with Crippen LogP contribution >= 0.6 is 0 Å². The van der Waals surface area contributed by atoms with Crippen molar-refractivity contribution < 1.29 is 29.0 Å². The van der Waals surface area contributed by atoms with Gasteiger partial charge in [-0.25, -0.2) is 0 Å². The second kappa shape index (κ2) is 4.21. The summed E-state index contributed by atoms with van der Waals surface area (Å²) in [5.41, 5.74) is -1.99. The smallest absolute Gasteiger partial charge is 0.324 e. The van der Waals surface area contributed by atoms with Crippen LogP contribution in [0.15, 0.2) is 0 Å². The first-order valence-electron chi connectivity index (χ1n) is 7.39. The molecule has 1 N–H and O–H groups in total. The Bertz CT molecular complexity index is 524. The van der Waals surface area contributed by atoms with E-state index < -0.39 is 35.0 Å². The lowest BCUT2D eigenvalue weighted by Crippen LogP contribution is -2.45. The molecule has 6 heteroatoms. The molecule has 0 spiro atoms. The Hall–Kier alpha value is -1.59. The molecule has 3 rings (SSSR count). The Kier molecular flexibility index (Phi) is 2.88. The highest BCUT2D eigenvalue weighted by atomic mass is 16.6. The van der Waals surface area contributed by atoms with Crippen molar-refractivity contribution in [3.05, 3.63) is 0 Å². The van der Waals surface area contributed by atoms with E-state index in [1.165, 1.54) is 0 Å². The molecule has 1 aliphatic heterocycles. The lowest BCUT2D eigenvalue weighted by Gasteiger charge is -2.31. The van der Waals surface area contributed by atoms with Crippen molar-refractivity contribution in [2.75, 3.05) is 0 Å². The molecule has 2 saturated carbocycles. The second-order valence-corrected chi connectivity index (χ2v) is 7.06. The lowest BCUT2D eigenvalue weighted by atomic mass is 9.73. The van der Waals surface area contributed by atoms with E-state index >= 15 is 0 Å². The monoisotopic (exact) mass is 296 g/mol. The van der Waals surface area contributed by atoms with Gasteiger partial charge in [0.05, 0.1) is 5.41 Å². The molecular formula is C15H20O6. The summed E-state index contributed by atoms with van der Waals surface area (Å²) in [5.74, 6) is -2.55. The van der Waals surface area contributed by atoms with Crippen LogP contribution in [-0.4, -0.2) is 35.2 Å². The maximum atomic E-state index is 12.2. The normalized spacial score (nSPS) is 40.2. The van der Waals surface area contributed by atoms with Crippen molar-refractivity contribution in [1.29, 1.82) is 0 Å². The zero-order valence-electron chi connectivity index (χ0n) is 12.4. The number of carboxylic acid groups (broad SMARTS) is 1. The number of hydrogen-bond donors (Lipinski definition) is 1. The standard InChI is InChI=1S/C15H20O6/c1-4-14(2,3)12(18)20-9-7-5-8-10(9)21-13(19)15(8,6-7)11(16)17/h7-10H,4-6H2,1-3H3,(H,16,17). The van der Waals surface area contributed by atoms with Crippen molar-refractivity contribution >= 4 is 17.9 Å². The molecule has 2 aliphatic carbocycles. The Labute approximate surface area is 122 Å². The van der Waals surface area contributed by atoms with Crippen LogP contribution in [0.5, 0.6) is 0 Å². The van der Waals surface area contributed by atoms with E-state index in [0.29, 0.717) is 12.8 Å². The summed E-state index contributed by atoms with van der Waals surface area (Å²) in [7, 11) is 0. The van der Waals surface area contributed by atoms with Crippen LogP contribution in [0.2, 0.25) is 0 Å². The topological polar surface area (TPSA) is 89.9 Å². The largest absolute Gasteiger partial charge is 0.480 e. The van der Waals surface area contributed by atoms with E-state index in [-0.39, 0.29) is 24.2 Å². The van der Waals surface area contributed by atoms with Crippen molar-refractivity contribution in [3.63, 3.8) is 0 Å². The van der Waals surface area contributed by atoms with Crippen molar-refractivity contribution in [1.82, 2.24) is 0 Å². The van der Waals surface area contributed by atoms with Gasteiger partial charge in [-0.3, -0.25) is 14.4 Å². The number of carbonyl (C=O) groups excluding carboxylic acids is 2. The van der Waals surface area contributed by atoms with E-state index in [0.717, 1.165) is 0 Å². The molecule has 1 saturated heterocycles. The van der Waals surface area contributed by atoms with Gasteiger partial charge in [0.1, 0.15) is 12.2 Å². The predicted octanol–water partition coefficient (Wildman–Crippen LogP) is 1.37. The highest BCUT2D eigenvalue weighted by molar-refractivity contribution is 6.02. The first-order valence-corrected chi connectivity index (χ1v) is 7.39. The van der Waals surface area contributed by atoms with E-state index in [9.17, 15) is 19.5 Å². The van der Waals surface area contributed by atoms with Crippen LogP contribution in [0, 0.1) is 22.7 Å². The summed E-state index contributed by atoms with van der Waals surface area (Å²) in [6.07, 6.45) is 0.354. The highest BCUT2D eigenvalue weighted by Gasteiger charge is 2.75. The Morgan fingerprint density at radius 3 is 2.71 bits per heavy atom. The molecule has 0 radical (unpaired) electrons. The summed E-state index contributed by atoms with van der Waals surface area (Å²) in [6.45, 7) is 5.53. The molecule has 1 heterocycles. The average Bonchev–Trinajstić information content (AvgIpc) is 3.00. The minimum atomic E-state index is -1.40. The number of esters is 2. The van der Waals surface area contributed by atoms with Crippen LogP contribution < -0.4 is 0 Å². The third-order valence-corrected chi connectivity index (χ3v) is 5.63. The van der Waals surface area contributed by atoms with Gasteiger partial charge in [0.25, 0.3) is 0 Å². The molecule has 21 heavy (non-hydrogen) atoms. The molecule has 3 fully saturated rings. The summed E-state index contributed by atoms with van der Waals surface area (Å²) in [6, 6.07) is 0. The van der Waals surface area contributed by atoms with Gasteiger partial charge in [0.2, 0.25) is 0 Å². The molecule has 0 amide bonds. The van der Waals surface area contributed by atoms with Crippen molar-refractivity contribution in [2.45, 2.75) is 52.2 Å². The first-order chi connectivity index (χ1) is 9.74. The molecule has 0 aromatic carbocycles. The van der Waals surface area contributed by atoms with Crippen LogP contribution in [0.4, 0.5) is 0 Å². The van der Waals surface area contributed by atoms with E-state index in [1.807, 2.05) is 20.8 Å². The van der Waals surface area contributed by atoms with Gasteiger partial charge in [-0.15, -0.1) is 0 Å². The number of hydrogen-bond acceptors (Lipinski definition) is 5. The van der Waals surface area contributed by atoms with Crippen LogP contribution in [-0.2, 0) is 23.9 Å². The molecule has 116 valence electrons.